The van der Waals surface area contributed by atoms with Gasteiger partial charge in [0.1, 0.15) is 12.4 Å². The van der Waals surface area contributed by atoms with E-state index in [9.17, 15) is 0 Å². The van der Waals surface area contributed by atoms with Crippen molar-refractivity contribution >= 4 is 49.8 Å². The lowest BCUT2D eigenvalue weighted by Crippen LogP contribution is -2.26. The van der Waals surface area contributed by atoms with E-state index in [-0.39, 0.29) is 17.0 Å². The zero-order valence-corrected chi connectivity index (χ0v) is 17.1. The molecule has 0 radical (unpaired) electrons. The Kier molecular flexibility index (Phi) is 5.31. The van der Waals surface area contributed by atoms with Gasteiger partial charge in [0.05, 0.1) is 3.79 Å². The van der Waals surface area contributed by atoms with Gasteiger partial charge in [0.2, 0.25) is 0 Å². The van der Waals surface area contributed by atoms with Gasteiger partial charge in [0, 0.05) is 34.7 Å². The summed E-state index contributed by atoms with van der Waals surface area (Å²) >= 11 is 5.49. The zero-order chi connectivity index (χ0) is 15.1. The maximum absolute atomic E-state index is 6.07. The molecule has 0 unspecified atom stereocenters. The summed E-state index contributed by atoms with van der Waals surface area (Å²) in [5.74, 6) is 1.02. The first-order valence-electron chi connectivity index (χ1n) is 7.64. The van der Waals surface area contributed by atoms with Gasteiger partial charge in [-0.3, -0.25) is 0 Å². The van der Waals surface area contributed by atoms with Crippen molar-refractivity contribution in [2.75, 3.05) is 20.1 Å². The number of halogens is 2. The molecule has 2 aliphatic rings. The fraction of sp³-hybridized carbons (Fsp3) is 0.333. The molecule has 5 heteroatoms. The second kappa shape index (κ2) is 7.09. The van der Waals surface area contributed by atoms with Crippen LogP contribution >= 0.6 is 44.2 Å². The van der Waals surface area contributed by atoms with Crippen molar-refractivity contribution in [3.8, 4) is 5.75 Å². The number of ether oxygens (including phenoxy) is 1. The van der Waals surface area contributed by atoms with Crippen LogP contribution in [0.25, 0.3) is 5.57 Å². The first kappa shape index (κ1) is 17.2. The predicted molar refractivity (Wildman–Crippen MR) is 106 cm³/mol. The second-order valence-electron chi connectivity index (χ2n) is 5.97. The average molecular weight is 457 g/mol. The minimum Gasteiger partial charge on any atom is -0.488 e. The highest BCUT2D eigenvalue weighted by molar-refractivity contribution is 9.11. The summed E-state index contributed by atoms with van der Waals surface area (Å²) < 4.78 is 7.26. The van der Waals surface area contributed by atoms with E-state index in [4.69, 9.17) is 4.74 Å². The predicted octanol–water partition coefficient (Wildman–Crippen LogP) is 5.51. The van der Waals surface area contributed by atoms with Gasteiger partial charge in [0.15, 0.2) is 0 Å². The molecule has 0 atom stereocenters. The summed E-state index contributed by atoms with van der Waals surface area (Å²) in [5.41, 5.74) is 5.56. The van der Waals surface area contributed by atoms with Gasteiger partial charge in [-0.15, -0.1) is 28.3 Å². The van der Waals surface area contributed by atoms with Crippen LogP contribution in [0.5, 0.6) is 5.75 Å². The zero-order valence-electron chi connectivity index (χ0n) is 13.0. The maximum atomic E-state index is 6.07. The maximum Gasteiger partial charge on any atom is 0.127 e. The van der Waals surface area contributed by atoms with E-state index in [2.05, 4.69) is 58.2 Å². The van der Waals surface area contributed by atoms with Crippen molar-refractivity contribution in [1.29, 1.82) is 0 Å². The molecule has 1 aromatic carbocycles. The van der Waals surface area contributed by atoms with Crippen LogP contribution in [-0.4, -0.2) is 25.0 Å². The quantitative estimate of drug-likeness (QED) is 0.518. The number of hydrogen-bond acceptors (Lipinski definition) is 3. The van der Waals surface area contributed by atoms with Gasteiger partial charge in [0.25, 0.3) is 0 Å². The smallest absolute Gasteiger partial charge is 0.127 e. The molecule has 0 saturated carbocycles. The molecule has 0 N–H and O–H groups in total. The van der Waals surface area contributed by atoms with Gasteiger partial charge >= 0.3 is 0 Å². The number of nitrogens with zero attached hydrogens (tertiary/aromatic N) is 1. The van der Waals surface area contributed by atoms with Crippen LogP contribution in [0.3, 0.4) is 0 Å². The first-order valence-corrected chi connectivity index (χ1v) is 9.24. The van der Waals surface area contributed by atoms with Crippen LogP contribution < -0.4 is 4.74 Å². The molecular formula is C18H19Br2NOS. The fourth-order valence-electron chi connectivity index (χ4n) is 3.28. The Morgan fingerprint density at radius 2 is 1.91 bits per heavy atom. The number of rotatable bonds is 0. The van der Waals surface area contributed by atoms with Gasteiger partial charge < -0.3 is 9.64 Å². The largest absolute Gasteiger partial charge is 0.488 e. The molecule has 4 rings (SSSR count). The average Bonchev–Trinajstić information content (AvgIpc) is 2.82. The van der Waals surface area contributed by atoms with Gasteiger partial charge in [-0.05, 0) is 48.0 Å². The minimum absolute atomic E-state index is 0. The molecule has 0 bridgehead atoms. The summed E-state index contributed by atoms with van der Waals surface area (Å²) in [6.45, 7) is 2.94. The van der Waals surface area contributed by atoms with Crippen molar-refractivity contribution in [3.05, 3.63) is 55.7 Å². The Bertz CT molecular complexity index is 743. The number of thiophene rings is 1. The normalized spacial score (nSPS) is 17.7. The summed E-state index contributed by atoms with van der Waals surface area (Å²) in [4.78, 5) is 3.80. The van der Waals surface area contributed by atoms with E-state index in [0.717, 1.165) is 31.7 Å². The molecule has 2 aliphatic heterocycles. The molecule has 0 amide bonds. The highest BCUT2D eigenvalue weighted by Gasteiger charge is 2.25. The third kappa shape index (κ3) is 3.29. The summed E-state index contributed by atoms with van der Waals surface area (Å²) in [7, 11) is 2.21. The van der Waals surface area contributed by atoms with Crippen LogP contribution in [0.15, 0.2) is 39.7 Å². The van der Waals surface area contributed by atoms with Crippen molar-refractivity contribution in [1.82, 2.24) is 4.90 Å². The Balaban J connectivity index is 0.00000156. The number of benzene rings is 1. The number of piperidine rings is 1. The van der Waals surface area contributed by atoms with Crippen LogP contribution in [0.4, 0.5) is 0 Å². The third-order valence-electron chi connectivity index (χ3n) is 4.49. The third-order valence-corrected chi connectivity index (χ3v) is 6.19. The molecule has 0 aliphatic carbocycles. The van der Waals surface area contributed by atoms with E-state index in [1.165, 1.54) is 25.4 Å². The van der Waals surface area contributed by atoms with Crippen molar-refractivity contribution < 1.29 is 4.74 Å². The van der Waals surface area contributed by atoms with Crippen LogP contribution in [0.1, 0.15) is 28.8 Å². The molecule has 2 nitrogen and oxygen atoms in total. The monoisotopic (exact) mass is 455 g/mol. The standard InChI is InChI=1S/C18H18BrNOS.BrH/c1-20-8-6-12(7-9-20)17-14-4-2-3-5-15(14)21-11-13-10-16(19)22-18(13)17;/h2-5,10H,6-9,11H2,1H3;1H. The minimum atomic E-state index is 0. The molecule has 0 spiro atoms. The van der Waals surface area contributed by atoms with Crippen LogP contribution in [-0.2, 0) is 6.61 Å². The molecule has 1 fully saturated rings. The molecule has 2 aromatic rings. The van der Waals surface area contributed by atoms with E-state index < -0.39 is 0 Å². The molecule has 23 heavy (non-hydrogen) atoms. The van der Waals surface area contributed by atoms with Crippen molar-refractivity contribution in [2.45, 2.75) is 19.4 Å². The van der Waals surface area contributed by atoms with Crippen LogP contribution in [0, 0.1) is 0 Å². The first-order chi connectivity index (χ1) is 10.7. The molecule has 1 saturated heterocycles. The summed E-state index contributed by atoms with van der Waals surface area (Å²) in [5, 5.41) is 0. The van der Waals surface area contributed by atoms with E-state index >= 15 is 0 Å². The topological polar surface area (TPSA) is 12.5 Å². The van der Waals surface area contributed by atoms with E-state index in [1.54, 1.807) is 5.57 Å². The summed E-state index contributed by atoms with van der Waals surface area (Å²) in [6.07, 6.45) is 2.30. The van der Waals surface area contributed by atoms with Crippen molar-refractivity contribution in [3.63, 3.8) is 0 Å². The molecular weight excluding hydrogens is 438 g/mol. The Hall–Kier alpha value is -0.620. The number of para-hydroxylation sites is 1. The van der Waals surface area contributed by atoms with Crippen LogP contribution in [0.2, 0.25) is 0 Å². The lowest BCUT2D eigenvalue weighted by molar-refractivity contribution is 0.307. The molecule has 3 heterocycles. The Morgan fingerprint density at radius 3 is 2.70 bits per heavy atom. The number of fused-ring (bicyclic) bond motifs is 2. The number of hydrogen-bond donors (Lipinski definition) is 0. The SMILES string of the molecule is Br.CN1CCC(=C2c3ccccc3OCc3cc(Br)sc32)CC1. The van der Waals surface area contributed by atoms with Gasteiger partial charge in [-0.25, -0.2) is 0 Å². The van der Waals surface area contributed by atoms with E-state index in [0.29, 0.717) is 6.61 Å². The number of likely N-dealkylation sites (tertiary alicyclic amines) is 1. The molecule has 1 aromatic heterocycles. The lowest BCUT2D eigenvalue weighted by Gasteiger charge is -2.26. The van der Waals surface area contributed by atoms with Gasteiger partial charge in [-0.1, -0.05) is 23.8 Å². The van der Waals surface area contributed by atoms with Gasteiger partial charge in [-0.2, -0.15) is 0 Å². The lowest BCUT2D eigenvalue weighted by atomic mass is 9.91. The Morgan fingerprint density at radius 1 is 1.17 bits per heavy atom. The Labute approximate surface area is 160 Å². The fourth-order valence-corrected chi connectivity index (χ4v) is 5.04. The highest BCUT2D eigenvalue weighted by Crippen LogP contribution is 2.45. The summed E-state index contributed by atoms with van der Waals surface area (Å²) in [6, 6.07) is 10.7. The second-order valence-corrected chi connectivity index (χ2v) is 8.40. The van der Waals surface area contributed by atoms with Crippen molar-refractivity contribution in [2.24, 2.45) is 0 Å². The van der Waals surface area contributed by atoms with E-state index in [1.807, 2.05) is 11.3 Å². The molecule has 122 valence electrons. The highest BCUT2D eigenvalue weighted by atomic mass is 79.9.